The lowest BCUT2D eigenvalue weighted by Gasteiger charge is -2.21. The second-order valence-corrected chi connectivity index (χ2v) is 6.61. The molecule has 0 spiro atoms. The number of carbonyl (C=O) groups excluding carboxylic acids is 1. The summed E-state index contributed by atoms with van der Waals surface area (Å²) in [6.07, 6.45) is 1.88. The van der Waals surface area contributed by atoms with E-state index in [-0.39, 0.29) is 11.3 Å². The van der Waals surface area contributed by atoms with Gasteiger partial charge in [0.25, 0.3) is 0 Å². The average Bonchev–Trinajstić information content (AvgIpc) is 2.70. The summed E-state index contributed by atoms with van der Waals surface area (Å²) >= 11 is 1.53. The largest absolute Gasteiger partial charge is 0.301 e. The van der Waals surface area contributed by atoms with Crippen LogP contribution in [0.15, 0.2) is 18.2 Å². The topological polar surface area (TPSA) is 42.0 Å². The summed E-state index contributed by atoms with van der Waals surface area (Å²) in [5.74, 6) is 0.0464. The number of hydrogen-bond donors (Lipinski definition) is 1. The van der Waals surface area contributed by atoms with E-state index in [4.69, 9.17) is 0 Å². The Hall–Kier alpha value is -1.42. The van der Waals surface area contributed by atoms with Crippen molar-refractivity contribution in [3.63, 3.8) is 0 Å². The maximum Gasteiger partial charge on any atom is 0.231 e. The molecule has 0 aliphatic carbocycles. The van der Waals surface area contributed by atoms with Gasteiger partial charge in [0.2, 0.25) is 5.91 Å². The normalized spacial score (nSPS) is 11.8. The van der Waals surface area contributed by atoms with E-state index in [1.54, 1.807) is 0 Å². The number of hydrogen-bond acceptors (Lipinski definition) is 3. The second-order valence-electron chi connectivity index (χ2n) is 5.58. The smallest absolute Gasteiger partial charge is 0.231 e. The molecule has 1 aromatic carbocycles. The number of thiazole rings is 1. The second kappa shape index (κ2) is 5.29. The molecule has 3 nitrogen and oxygen atoms in total. The predicted molar refractivity (Wildman–Crippen MR) is 81.7 cm³/mol. The minimum absolute atomic E-state index is 0.0464. The van der Waals surface area contributed by atoms with Gasteiger partial charge >= 0.3 is 0 Å². The SMILES string of the molecule is CCCC(C)(C)C(=O)Nc1nc2ccc(C)cc2s1. The number of rotatable bonds is 4. The van der Waals surface area contributed by atoms with Gasteiger partial charge in [-0.2, -0.15) is 0 Å². The van der Waals surface area contributed by atoms with Gasteiger partial charge in [0.1, 0.15) is 0 Å². The number of anilines is 1. The first-order valence-electron chi connectivity index (χ1n) is 6.61. The molecule has 2 rings (SSSR count). The lowest BCUT2D eigenvalue weighted by Crippen LogP contribution is -2.30. The molecule has 1 N–H and O–H groups in total. The molecule has 1 aromatic heterocycles. The number of nitrogens with zero attached hydrogens (tertiary/aromatic N) is 1. The highest BCUT2D eigenvalue weighted by Crippen LogP contribution is 2.29. The highest BCUT2D eigenvalue weighted by atomic mass is 32.1. The molecule has 0 aliphatic heterocycles. The molecule has 0 aliphatic rings. The third-order valence-electron chi connectivity index (χ3n) is 3.25. The van der Waals surface area contributed by atoms with Crippen molar-refractivity contribution in [2.45, 2.75) is 40.5 Å². The minimum Gasteiger partial charge on any atom is -0.301 e. The van der Waals surface area contributed by atoms with Crippen LogP contribution in [0.4, 0.5) is 5.13 Å². The van der Waals surface area contributed by atoms with Crippen molar-refractivity contribution in [3.05, 3.63) is 23.8 Å². The van der Waals surface area contributed by atoms with E-state index in [1.165, 1.54) is 16.9 Å². The quantitative estimate of drug-likeness (QED) is 0.901. The number of aryl methyl sites for hydroxylation is 1. The molecule has 1 amide bonds. The Kier molecular flexibility index (Phi) is 3.90. The van der Waals surface area contributed by atoms with Crippen LogP contribution in [-0.4, -0.2) is 10.9 Å². The van der Waals surface area contributed by atoms with Gasteiger partial charge in [0.05, 0.1) is 10.2 Å². The van der Waals surface area contributed by atoms with E-state index < -0.39 is 0 Å². The standard InChI is InChI=1S/C15H20N2OS/c1-5-8-15(3,4)13(18)17-14-16-11-7-6-10(2)9-12(11)19-14/h6-7,9H,5,8H2,1-4H3,(H,16,17,18). The summed E-state index contributed by atoms with van der Waals surface area (Å²) in [4.78, 5) is 16.7. The molecular formula is C15H20N2OS. The Balaban J connectivity index is 2.19. The number of fused-ring (bicyclic) bond motifs is 1. The fourth-order valence-electron chi connectivity index (χ4n) is 2.09. The van der Waals surface area contributed by atoms with Crippen LogP contribution in [0.5, 0.6) is 0 Å². The highest BCUT2D eigenvalue weighted by molar-refractivity contribution is 7.22. The number of amides is 1. The van der Waals surface area contributed by atoms with E-state index >= 15 is 0 Å². The van der Waals surface area contributed by atoms with Gasteiger partial charge in [0, 0.05) is 5.41 Å². The van der Waals surface area contributed by atoms with Crippen molar-refractivity contribution in [1.29, 1.82) is 0 Å². The van der Waals surface area contributed by atoms with Crippen molar-refractivity contribution < 1.29 is 4.79 Å². The van der Waals surface area contributed by atoms with Crippen molar-refractivity contribution in [1.82, 2.24) is 4.98 Å². The van der Waals surface area contributed by atoms with Crippen LogP contribution in [0, 0.1) is 12.3 Å². The van der Waals surface area contributed by atoms with Crippen LogP contribution in [0.25, 0.3) is 10.2 Å². The molecule has 0 saturated heterocycles. The molecule has 0 fully saturated rings. The van der Waals surface area contributed by atoms with Crippen LogP contribution >= 0.6 is 11.3 Å². The summed E-state index contributed by atoms with van der Waals surface area (Å²) in [5.41, 5.74) is 1.81. The Morgan fingerprint density at radius 3 is 2.84 bits per heavy atom. The molecule has 19 heavy (non-hydrogen) atoms. The Morgan fingerprint density at radius 1 is 1.42 bits per heavy atom. The highest BCUT2D eigenvalue weighted by Gasteiger charge is 2.27. The van der Waals surface area contributed by atoms with Crippen LogP contribution in [-0.2, 0) is 4.79 Å². The lowest BCUT2D eigenvalue weighted by molar-refractivity contribution is -0.124. The van der Waals surface area contributed by atoms with Gasteiger partial charge in [-0.05, 0) is 31.0 Å². The summed E-state index contributed by atoms with van der Waals surface area (Å²) in [6, 6.07) is 6.13. The van der Waals surface area contributed by atoms with Crippen LogP contribution in [0.2, 0.25) is 0 Å². The van der Waals surface area contributed by atoms with Crippen molar-refractivity contribution >= 4 is 32.6 Å². The number of aromatic nitrogens is 1. The van der Waals surface area contributed by atoms with Gasteiger partial charge in [-0.25, -0.2) is 4.98 Å². The van der Waals surface area contributed by atoms with Gasteiger partial charge in [-0.1, -0.05) is 44.6 Å². The number of carbonyl (C=O) groups is 1. The molecular weight excluding hydrogens is 256 g/mol. The summed E-state index contributed by atoms with van der Waals surface area (Å²) in [5, 5.41) is 3.63. The molecule has 2 aromatic rings. The Labute approximate surface area is 118 Å². The number of benzene rings is 1. The van der Waals surface area contributed by atoms with E-state index in [9.17, 15) is 4.79 Å². The van der Waals surface area contributed by atoms with Gasteiger partial charge in [-0.15, -0.1) is 0 Å². The molecule has 102 valence electrons. The van der Waals surface area contributed by atoms with Gasteiger partial charge < -0.3 is 5.32 Å². The van der Waals surface area contributed by atoms with Crippen molar-refractivity contribution in [2.75, 3.05) is 5.32 Å². The summed E-state index contributed by atoms with van der Waals surface area (Å²) < 4.78 is 1.11. The molecule has 4 heteroatoms. The third-order valence-corrected chi connectivity index (χ3v) is 4.19. The fourth-order valence-corrected chi connectivity index (χ4v) is 3.05. The minimum atomic E-state index is -0.345. The Bertz CT molecular complexity index is 601. The first-order valence-corrected chi connectivity index (χ1v) is 7.42. The zero-order valence-electron chi connectivity index (χ0n) is 11.9. The number of nitrogens with one attached hydrogen (secondary N) is 1. The molecule has 0 radical (unpaired) electrons. The zero-order chi connectivity index (χ0) is 14.0. The summed E-state index contributed by atoms with van der Waals surface area (Å²) in [7, 11) is 0. The Morgan fingerprint density at radius 2 is 2.16 bits per heavy atom. The van der Waals surface area contributed by atoms with E-state index in [1.807, 2.05) is 26.0 Å². The fraction of sp³-hybridized carbons (Fsp3) is 0.467. The van der Waals surface area contributed by atoms with Crippen LogP contribution in [0.3, 0.4) is 0 Å². The molecule has 0 bridgehead atoms. The predicted octanol–water partition coefficient (Wildman–Crippen LogP) is 4.37. The molecule has 0 atom stereocenters. The average molecular weight is 276 g/mol. The van der Waals surface area contributed by atoms with E-state index in [2.05, 4.69) is 30.2 Å². The maximum atomic E-state index is 12.2. The molecule has 0 saturated carbocycles. The van der Waals surface area contributed by atoms with Crippen molar-refractivity contribution in [3.8, 4) is 0 Å². The van der Waals surface area contributed by atoms with E-state index in [0.29, 0.717) is 5.13 Å². The monoisotopic (exact) mass is 276 g/mol. The lowest BCUT2D eigenvalue weighted by atomic mass is 9.87. The van der Waals surface area contributed by atoms with Crippen LogP contribution < -0.4 is 5.32 Å². The molecule has 0 unspecified atom stereocenters. The molecule has 1 heterocycles. The third kappa shape index (κ3) is 3.13. The maximum absolute atomic E-state index is 12.2. The first kappa shape index (κ1) is 14.0. The van der Waals surface area contributed by atoms with E-state index in [0.717, 1.165) is 23.1 Å². The van der Waals surface area contributed by atoms with Crippen molar-refractivity contribution in [2.24, 2.45) is 5.41 Å². The van der Waals surface area contributed by atoms with Gasteiger partial charge in [0.15, 0.2) is 5.13 Å². The first-order chi connectivity index (χ1) is 8.92. The zero-order valence-corrected chi connectivity index (χ0v) is 12.7. The van der Waals surface area contributed by atoms with Gasteiger partial charge in [-0.3, -0.25) is 4.79 Å². The van der Waals surface area contributed by atoms with Crippen LogP contribution in [0.1, 0.15) is 39.2 Å². The summed E-state index contributed by atoms with van der Waals surface area (Å²) in [6.45, 7) is 8.10.